The van der Waals surface area contributed by atoms with E-state index in [4.69, 9.17) is 0 Å². The number of aryl methyl sites for hydroxylation is 2. The van der Waals surface area contributed by atoms with Gasteiger partial charge in [0, 0.05) is 12.6 Å². The zero-order valence-corrected chi connectivity index (χ0v) is 12.8. The minimum absolute atomic E-state index is 0.793. The summed E-state index contributed by atoms with van der Waals surface area (Å²) in [4.78, 5) is 4.67. The molecule has 3 heteroatoms. The van der Waals surface area contributed by atoms with Crippen LogP contribution in [0.3, 0.4) is 0 Å². The molecular weight excluding hydrogens is 234 g/mol. The van der Waals surface area contributed by atoms with Gasteiger partial charge in [0.25, 0.3) is 0 Å². The number of benzene rings is 1. The van der Waals surface area contributed by atoms with Gasteiger partial charge in [-0.3, -0.25) is 0 Å². The van der Waals surface area contributed by atoms with Crippen LogP contribution in [0.4, 0.5) is 0 Å². The van der Waals surface area contributed by atoms with Crippen LogP contribution in [0.15, 0.2) is 12.1 Å². The molecule has 0 aliphatic heterocycles. The Morgan fingerprint density at radius 3 is 2.42 bits per heavy atom. The van der Waals surface area contributed by atoms with E-state index in [1.165, 1.54) is 27.9 Å². The van der Waals surface area contributed by atoms with Crippen molar-refractivity contribution in [2.75, 3.05) is 7.05 Å². The van der Waals surface area contributed by atoms with Crippen LogP contribution in [0.1, 0.15) is 28.2 Å². The lowest BCUT2D eigenvalue weighted by molar-refractivity contribution is 0.711. The lowest BCUT2D eigenvalue weighted by atomic mass is 9.96. The topological polar surface area (TPSA) is 29.9 Å². The first-order chi connectivity index (χ1) is 8.97. The van der Waals surface area contributed by atoms with Gasteiger partial charge < -0.3 is 9.88 Å². The van der Waals surface area contributed by atoms with Gasteiger partial charge in [-0.05, 0) is 51.4 Å². The standard InChI is InChI=1S/C16H23N3/c1-10-7-8-14(12(3)11(10)2)16-13(4)18-15(9-17-5)19(16)6/h7-8,17H,9H2,1-6H3. The van der Waals surface area contributed by atoms with Crippen LogP contribution in [0.25, 0.3) is 11.3 Å². The van der Waals surface area contributed by atoms with E-state index in [1.807, 2.05) is 7.05 Å². The maximum atomic E-state index is 4.67. The van der Waals surface area contributed by atoms with E-state index in [9.17, 15) is 0 Å². The summed E-state index contributed by atoms with van der Waals surface area (Å²) in [6, 6.07) is 4.41. The second kappa shape index (κ2) is 5.17. The summed E-state index contributed by atoms with van der Waals surface area (Å²) in [6.07, 6.45) is 0. The maximum Gasteiger partial charge on any atom is 0.123 e. The first-order valence-corrected chi connectivity index (χ1v) is 6.71. The Bertz CT molecular complexity index is 609. The quantitative estimate of drug-likeness (QED) is 0.916. The molecule has 1 aromatic heterocycles. The minimum atomic E-state index is 0.793. The molecule has 2 aromatic rings. The highest BCUT2D eigenvalue weighted by Crippen LogP contribution is 2.30. The van der Waals surface area contributed by atoms with E-state index in [2.05, 4.69) is 61.7 Å². The van der Waals surface area contributed by atoms with Crippen molar-refractivity contribution in [3.63, 3.8) is 0 Å². The second-order valence-electron chi connectivity index (χ2n) is 5.23. The fourth-order valence-electron chi connectivity index (χ4n) is 2.60. The van der Waals surface area contributed by atoms with Crippen molar-refractivity contribution < 1.29 is 0 Å². The number of nitrogens with one attached hydrogen (secondary N) is 1. The molecule has 1 aromatic carbocycles. The Morgan fingerprint density at radius 1 is 1.11 bits per heavy atom. The molecule has 2 rings (SSSR count). The SMILES string of the molecule is CNCc1nc(C)c(-c2ccc(C)c(C)c2C)n1C. The molecule has 0 unspecified atom stereocenters. The lowest BCUT2D eigenvalue weighted by Gasteiger charge is -2.13. The second-order valence-corrected chi connectivity index (χ2v) is 5.23. The van der Waals surface area contributed by atoms with Crippen molar-refractivity contribution in [1.82, 2.24) is 14.9 Å². The molecule has 1 N–H and O–H groups in total. The van der Waals surface area contributed by atoms with Gasteiger partial charge in [0.05, 0.1) is 17.9 Å². The van der Waals surface area contributed by atoms with Gasteiger partial charge in [0.15, 0.2) is 0 Å². The van der Waals surface area contributed by atoms with Gasteiger partial charge in [0.1, 0.15) is 5.82 Å². The van der Waals surface area contributed by atoms with E-state index in [-0.39, 0.29) is 0 Å². The normalized spacial score (nSPS) is 11.1. The molecule has 0 bridgehead atoms. The Labute approximate surface area is 115 Å². The monoisotopic (exact) mass is 257 g/mol. The molecule has 0 amide bonds. The maximum absolute atomic E-state index is 4.67. The molecule has 3 nitrogen and oxygen atoms in total. The summed E-state index contributed by atoms with van der Waals surface area (Å²) in [7, 11) is 4.04. The van der Waals surface area contributed by atoms with E-state index >= 15 is 0 Å². The molecule has 0 saturated heterocycles. The summed E-state index contributed by atoms with van der Waals surface area (Å²) < 4.78 is 2.20. The molecule has 0 spiro atoms. The van der Waals surface area contributed by atoms with Crippen molar-refractivity contribution in [3.8, 4) is 11.3 Å². The third kappa shape index (κ3) is 2.30. The fraction of sp³-hybridized carbons (Fsp3) is 0.438. The van der Waals surface area contributed by atoms with Crippen molar-refractivity contribution in [2.24, 2.45) is 7.05 Å². The van der Waals surface area contributed by atoms with Gasteiger partial charge in [0.2, 0.25) is 0 Å². The van der Waals surface area contributed by atoms with E-state index < -0.39 is 0 Å². The Balaban J connectivity index is 2.63. The highest BCUT2D eigenvalue weighted by Gasteiger charge is 2.15. The Kier molecular flexibility index (Phi) is 3.76. The van der Waals surface area contributed by atoms with Crippen LogP contribution in [-0.2, 0) is 13.6 Å². The third-order valence-electron chi connectivity index (χ3n) is 4.01. The molecule has 102 valence electrons. The van der Waals surface area contributed by atoms with Crippen molar-refractivity contribution in [1.29, 1.82) is 0 Å². The number of nitrogens with zero attached hydrogens (tertiary/aromatic N) is 2. The number of imidazole rings is 1. The van der Waals surface area contributed by atoms with E-state index in [0.717, 1.165) is 18.1 Å². The average molecular weight is 257 g/mol. The van der Waals surface area contributed by atoms with Crippen LogP contribution < -0.4 is 5.32 Å². The van der Waals surface area contributed by atoms with Crippen molar-refractivity contribution in [3.05, 3.63) is 40.3 Å². The van der Waals surface area contributed by atoms with E-state index in [1.54, 1.807) is 0 Å². The number of aromatic nitrogens is 2. The Hall–Kier alpha value is -1.61. The summed E-state index contributed by atoms with van der Waals surface area (Å²) in [5, 5.41) is 3.17. The summed E-state index contributed by atoms with van der Waals surface area (Å²) >= 11 is 0. The summed E-state index contributed by atoms with van der Waals surface area (Å²) in [5.41, 5.74) is 7.68. The molecule has 0 fully saturated rings. The molecule has 1 heterocycles. The highest BCUT2D eigenvalue weighted by atomic mass is 15.1. The highest BCUT2D eigenvalue weighted by molar-refractivity contribution is 5.68. The van der Waals surface area contributed by atoms with Crippen LogP contribution in [0.5, 0.6) is 0 Å². The van der Waals surface area contributed by atoms with Gasteiger partial charge in [-0.2, -0.15) is 0 Å². The predicted molar refractivity (Wildman–Crippen MR) is 80.4 cm³/mol. The predicted octanol–water partition coefficient (Wildman–Crippen LogP) is 3.04. The van der Waals surface area contributed by atoms with Gasteiger partial charge in [-0.25, -0.2) is 4.98 Å². The zero-order valence-electron chi connectivity index (χ0n) is 12.8. The zero-order chi connectivity index (χ0) is 14.2. The summed E-state index contributed by atoms with van der Waals surface area (Å²) in [6.45, 7) is 9.43. The third-order valence-corrected chi connectivity index (χ3v) is 4.01. The van der Waals surface area contributed by atoms with Crippen molar-refractivity contribution >= 4 is 0 Å². The minimum Gasteiger partial charge on any atom is -0.330 e. The molecular formula is C16H23N3. The van der Waals surface area contributed by atoms with Crippen LogP contribution in [-0.4, -0.2) is 16.6 Å². The fourth-order valence-corrected chi connectivity index (χ4v) is 2.60. The number of rotatable bonds is 3. The van der Waals surface area contributed by atoms with E-state index in [0.29, 0.717) is 0 Å². The van der Waals surface area contributed by atoms with Crippen LogP contribution in [0, 0.1) is 27.7 Å². The largest absolute Gasteiger partial charge is 0.330 e. The van der Waals surface area contributed by atoms with Crippen LogP contribution >= 0.6 is 0 Å². The molecule has 0 aliphatic carbocycles. The van der Waals surface area contributed by atoms with Crippen LogP contribution in [0.2, 0.25) is 0 Å². The lowest BCUT2D eigenvalue weighted by Crippen LogP contribution is -2.10. The first-order valence-electron chi connectivity index (χ1n) is 6.71. The average Bonchev–Trinajstić information content (AvgIpc) is 2.64. The van der Waals surface area contributed by atoms with Gasteiger partial charge >= 0.3 is 0 Å². The molecule has 0 atom stereocenters. The summed E-state index contributed by atoms with van der Waals surface area (Å²) in [5.74, 6) is 1.08. The number of hydrogen-bond acceptors (Lipinski definition) is 2. The molecule has 19 heavy (non-hydrogen) atoms. The molecule has 0 aliphatic rings. The number of hydrogen-bond donors (Lipinski definition) is 1. The smallest absolute Gasteiger partial charge is 0.123 e. The van der Waals surface area contributed by atoms with Gasteiger partial charge in [-0.15, -0.1) is 0 Å². The molecule has 0 radical (unpaired) electrons. The van der Waals surface area contributed by atoms with Crippen molar-refractivity contribution in [2.45, 2.75) is 34.2 Å². The molecule has 0 saturated carbocycles. The van der Waals surface area contributed by atoms with Gasteiger partial charge in [-0.1, -0.05) is 12.1 Å². The first kappa shape index (κ1) is 13.8. The Morgan fingerprint density at radius 2 is 1.79 bits per heavy atom.